The van der Waals surface area contributed by atoms with E-state index in [1.54, 1.807) is 0 Å². The summed E-state index contributed by atoms with van der Waals surface area (Å²) in [5.41, 5.74) is -0.734. The molecule has 1 rings (SSSR count). The third-order valence-corrected chi connectivity index (χ3v) is 3.63. The minimum Gasteiger partial charge on any atom is -0.394 e. The fourth-order valence-electron chi connectivity index (χ4n) is 2.34. The maximum absolute atomic E-state index is 11.1. The Bertz CT molecular complexity index is 252. The molecule has 0 aromatic rings. The van der Waals surface area contributed by atoms with E-state index < -0.39 is 5.54 Å². The molecule has 2 N–H and O–H groups in total. The van der Waals surface area contributed by atoms with Gasteiger partial charge in [0.2, 0.25) is 5.91 Å². The van der Waals surface area contributed by atoms with Crippen LogP contribution in [-0.4, -0.2) is 35.9 Å². The molecule has 4 heteroatoms. The first kappa shape index (κ1) is 12.5. The van der Waals surface area contributed by atoms with Crippen LogP contribution in [-0.2, 0) is 9.53 Å². The minimum atomic E-state index is -0.515. The van der Waals surface area contributed by atoms with Crippen LogP contribution in [0.4, 0.5) is 0 Å². The summed E-state index contributed by atoms with van der Waals surface area (Å²) in [5, 5.41) is 12.3. The summed E-state index contributed by atoms with van der Waals surface area (Å²) >= 11 is 0. The number of nitrogens with one attached hydrogen (secondary N) is 1. The Morgan fingerprint density at radius 3 is 2.53 bits per heavy atom. The second kappa shape index (κ2) is 4.10. The molecule has 4 nitrogen and oxygen atoms in total. The average Bonchev–Trinajstić information content (AvgIpc) is 2.15. The van der Waals surface area contributed by atoms with E-state index in [2.05, 4.69) is 5.32 Å². The second-order valence-electron chi connectivity index (χ2n) is 4.79. The van der Waals surface area contributed by atoms with Crippen LogP contribution in [0.5, 0.6) is 0 Å². The number of amides is 1. The van der Waals surface area contributed by atoms with E-state index in [4.69, 9.17) is 4.74 Å². The minimum absolute atomic E-state index is 0.0385. The normalized spacial score (nSPS) is 33.3. The number of hydrogen-bond donors (Lipinski definition) is 2. The lowest BCUT2D eigenvalue weighted by molar-refractivity contribution is -0.180. The SMILES string of the molecule is CCOC1CC(CO)(NC(C)=O)C1(C)C. The van der Waals surface area contributed by atoms with Crippen LogP contribution in [0.1, 0.15) is 34.1 Å². The smallest absolute Gasteiger partial charge is 0.217 e. The van der Waals surface area contributed by atoms with Crippen LogP contribution < -0.4 is 5.32 Å². The monoisotopic (exact) mass is 215 g/mol. The number of carbonyl (C=O) groups excluding carboxylic acids is 1. The van der Waals surface area contributed by atoms with Crippen molar-refractivity contribution in [3.05, 3.63) is 0 Å². The maximum Gasteiger partial charge on any atom is 0.217 e. The van der Waals surface area contributed by atoms with Gasteiger partial charge in [-0.15, -0.1) is 0 Å². The van der Waals surface area contributed by atoms with E-state index in [0.29, 0.717) is 13.0 Å². The second-order valence-corrected chi connectivity index (χ2v) is 4.79. The van der Waals surface area contributed by atoms with E-state index in [-0.39, 0.29) is 24.0 Å². The molecule has 1 aliphatic carbocycles. The van der Waals surface area contributed by atoms with Gasteiger partial charge in [0.05, 0.1) is 18.2 Å². The zero-order valence-corrected chi connectivity index (χ0v) is 9.96. The highest BCUT2D eigenvalue weighted by molar-refractivity contribution is 5.74. The predicted molar refractivity (Wildman–Crippen MR) is 57.4 cm³/mol. The van der Waals surface area contributed by atoms with Crippen molar-refractivity contribution >= 4 is 5.91 Å². The Morgan fingerprint density at radius 1 is 1.60 bits per heavy atom. The van der Waals surface area contributed by atoms with Crippen molar-refractivity contribution in [1.29, 1.82) is 0 Å². The highest BCUT2D eigenvalue weighted by Gasteiger charge is 2.60. The van der Waals surface area contributed by atoms with E-state index >= 15 is 0 Å². The molecule has 1 fully saturated rings. The van der Waals surface area contributed by atoms with Crippen LogP contribution in [0.2, 0.25) is 0 Å². The molecule has 0 aromatic carbocycles. The molecule has 2 unspecified atom stereocenters. The summed E-state index contributed by atoms with van der Waals surface area (Å²) in [7, 11) is 0. The Balaban J connectivity index is 2.74. The summed E-state index contributed by atoms with van der Waals surface area (Å²) in [6.07, 6.45) is 0.797. The van der Waals surface area contributed by atoms with Crippen molar-refractivity contribution in [2.24, 2.45) is 5.41 Å². The summed E-state index contributed by atoms with van der Waals surface area (Å²) in [6.45, 7) is 8.08. The van der Waals surface area contributed by atoms with E-state index in [0.717, 1.165) is 0 Å². The third kappa shape index (κ3) is 1.88. The van der Waals surface area contributed by atoms with Gasteiger partial charge in [-0.25, -0.2) is 0 Å². The highest BCUT2D eigenvalue weighted by Crippen LogP contribution is 2.50. The van der Waals surface area contributed by atoms with E-state index in [1.807, 2.05) is 20.8 Å². The molecule has 1 aliphatic rings. The molecule has 0 saturated heterocycles. The first-order chi connectivity index (χ1) is 6.89. The summed E-state index contributed by atoms with van der Waals surface area (Å²) in [6, 6.07) is 0. The lowest BCUT2D eigenvalue weighted by atomic mass is 9.54. The predicted octanol–water partition coefficient (Wildman–Crippen LogP) is 0.689. The lowest BCUT2D eigenvalue weighted by Crippen LogP contribution is -2.74. The van der Waals surface area contributed by atoms with Gasteiger partial charge in [-0.05, 0) is 6.92 Å². The van der Waals surface area contributed by atoms with Crippen LogP contribution in [0, 0.1) is 5.41 Å². The largest absolute Gasteiger partial charge is 0.394 e. The van der Waals surface area contributed by atoms with E-state index in [9.17, 15) is 9.90 Å². The molecule has 0 heterocycles. The number of aliphatic hydroxyl groups excluding tert-OH is 1. The molecule has 15 heavy (non-hydrogen) atoms. The van der Waals surface area contributed by atoms with Crippen molar-refractivity contribution in [2.45, 2.75) is 45.8 Å². The standard InChI is InChI=1S/C11H21NO3/c1-5-15-9-6-11(7-13,10(9,3)4)12-8(2)14/h9,13H,5-7H2,1-4H3,(H,12,14). The van der Waals surface area contributed by atoms with Crippen molar-refractivity contribution in [3.63, 3.8) is 0 Å². The zero-order chi connectivity index (χ0) is 11.7. The molecular formula is C11H21NO3. The third-order valence-electron chi connectivity index (χ3n) is 3.63. The lowest BCUT2D eigenvalue weighted by Gasteiger charge is -2.60. The fourth-order valence-corrected chi connectivity index (χ4v) is 2.34. The van der Waals surface area contributed by atoms with Crippen molar-refractivity contribution < 1.29 is 14.6 Å². The van der Waals surface area contributed by atoms with Gasteiger partial charge in [0, 0.05) is 25.4 Å². The number of carbonyl (C=O) groups is 1. The van der Waals surface area contributed by atoms with Gasteiger partial charge in [0.25, 0.3) is 0 Å². The Kier molecular flexibility index (Phi) is 3.41. The van der Waals surface area contributed by atoms with Crippen molar-refractivity contribution in [2.75, 3.05) is 13.2 Å². The molecule has 0 radical (unpaired) electrons. The zero-order valence-electron chi connectivity index (χ0n) is 9.96. The molecular weight excluding hydrogens is 194 g/mol. The molecule has 1 amide bonds. The quantitative estimate of drug-likeness (QED) is 0.725. The Labute approximate surface area is 91.0 Å². The average molecular weight is 215 g/mol. The molecule has 0 aromatic heterocycles. The van der Waals surface area contributed by atoms with Gasteiger partial charge >= 0.3 is 0 Å². The van der Waals surface area contributed by atoms with Crippen LogP contribution in [0.3, 0.4) is 0 Å². The van der Waals surface area contributed by atoms with Gasteiger partial charge in [-0.2, -0.15) is 0 Å². The molecule has 0 aliphatic heterocycles. The molecule has 88 valence electrons. The first-order valence-electron chi connectivity index (χ1n) is 5.41. The molecule has 0 bridgehead atoms. The topological polar surface area (TPSA) is 58.6 Å². The molecule has 0 spiro atoms. The number of hydrogen-bond acceptors (Lipinski definition) is 3. The number of aliphatic hydroxyl groups is 1. The van der Waals surface area contributed by atoms with Crippen LogP contribution >= 0.6 is 0 Å². The molecule has 2 atom stereocenters. The van der Waals surface area contributed by atoms with Gasteiger partial charge < -0.3 is 15.2 Å². The van der Waals surface area contributed by atoms with Gasteiger partial charge in [0.15, 0.2) is 0 Å². The number of ether oxygens (including phenoxy) is 1. The summed E-state index contributed by atoms with van der Waals surface area (Å²) < 4.78 is 5.57. The van der Waals surface area contributed by atoms with Crippen LogP contribution in [0.25, 0.3) is 0 Å². The maximum atomic E-state index is 11.1. The van der Waals surface area contributed by atoms with Crippen molar-refractivity contribution in [3.8, 4) is 0 Å². The summed E-state index contributed by atoms with van der Waals surface area (Å²) in [5.74, 6) is -0.105. The van der Waals surface area contributed by atoms with Gasteiger partial charge in [-0.3, -0.25) is 4.79 Å². The van der Waals surface area contributed by atoms with Crippen LogP contribution in [0.15, 0.2) is 0 Å². The number of rotatable bonds is 4. The highest BCUT2D eigenvalue weighted by atomic mass is 16.5. The first-order valence-corrected chi connectivity index (χ1v) is 5.41. The Morgan fingerprint density at radius 2 is 2.20 bits per heavy atom. The van der Waals surface area contributed by atoms with E-state index in [1.165, 1.54) is 6.92 Å². The van der Waals surface area contributed by atoms with Gasteiger partial charge in [-0.1, -0.05) is 13.8 Å². The summed E-state index contributed by atoms with van der Waals surface area (Å²) in [4.78, 5) is 11.1. The van der Waals surface area contributed by atoms with Gasteiger partial charge in [0.1, 0.15) is 0 Å². The van der Waals surface area contributed by atoms with Crippen molar-refractivity contribution in [1.82, 2.24) is 5.32 Å². The fraction of sp³-hybridized carbons (Fsp3) is 0.909. The molecule has 1 saturated carbocycles. The Hall–Kier alpha value is -0.610.